The van der Waals surface area contributed by atoms with Crippen LogP contribution in [0.3, 0.4) is 0 Å². The van der Waals surface area contributed by atoms with Gasteiger partial charge in [-0.1, -0.05) is 0 Å². The first-order chi connectivity index (χ1) is 8.29. The first-order valence-electron chi connectivity index (χ1n) is 5.42. The van der Waals surface area contributed by atoms with E-state index in [-0.39, 0.29) is 10.7 Å². The average Bonchev–Trinajstić information content (AvgIpc) is 2.60. The van der Waals surface area contributed by atoms with Gasteiger partial charge in [0, 0.05) is 26.3 Å². The Kier molecular flexibility index (Phi) is 4.30. The van der Waals surface area contributed by atoms with Crippen molar-refractivity contribution in [3.05, 3.63) is 6.20 Å². The molecule has 8 nitrogen and oxygen atoms in total. The van der Waals surface area contributed by atoms with Crippen LogP contribution in [0.15, 0.2) is 11.1 Å². The molecule has 0 radical (unpaired) electrons. The third-order valence-corrected chi connectivity index (χ3v) is 3.29. The predicted molar refractivity (Wildman–Crippen MR) is 66.5 cm³/mol. The number of nitrogens with zero attached hydrogens (tertiary/aromatic N) is 3. The Labute approximate surface area is 106 Å². The van der Waals surface area contributed by atoms with Crippen molar-refractivity contribution >= 4 is 21.9 Å². The first-order valence-corrected chi connectivity index (χ1v) is 6.96. The molecule has 0 aliphatic heterocycles. The van der Waals surface area contributed by atoms with Gasteiger partial charge >= 0.3 is 6.03 Å². The fourth-order valence-electron chi connectivity index (χ4n) is 1.45. The van der Waals surface area contributed by atoms with Gasteiger partial charge in [-0.3, -0.25) is 10.00 Å². The number of nitrogens with one attached hydrogen (secondary N) is 1. The van der Waals surface area contributed by atoms with Crippen molar-refractivity contribution < 1.29 is 13.2 Å². The zero-order valence-electron chi connectivity index (χ0n) is 10.5. The van der Waals surface area contributed by atoms with Crippen molar-refractivity contribution in [2.75, 3.05) is 18.4 Å². The molecule has 0 saturated carbocycles. The molecule has 2 amide bonds. The molecule has 1 aromatic rings. The molecule has 102 valence electrons. The number of sulfonamides is 1. The minimum Gasteiger partial charge on any atom is -0.325 e. The van der Waals surface area contributed by atoms with Gasteiger partial charge in [-0.2, -0.15) is 5.10 Å². The highest BCUT2D eigenvalue weighted by molar-refractivity contribution is 7.89. The van der Waals surface area contributed by atoms with E-state index in [1.807, 2.05) is 13.8 Å². The van der Waals surface area contributed by atoms with Gasteiger partial charge in [0.25, 0.3) is 0 Å². The second-order valence-corrected chi connectivity index (χ2v) is 5.19. The van der Waals surface area contributed by atoms with Gasteiger partial charge in [0.15, 0.2) is 5.82 Å². The number of urea groups is 1. The van der Waals surface area contributed by atoms with Crippen LogP contribution in [-0.4, -0.2) is 42.2 Å². The summed E-state index contributed by atoms with van der Waals surface area (Å²) in [5.41, 5.74) is 0. The summed E-state index contributed by atoms with van der Waals surface area (Å²) in [7, 11) is -2.37. The number of anilines is 1. The highest BCUT2D eigenvalue weighted by Gasteiger charge is 2.21. The fraction of sp³-hybridized carbons (Fsp3) is 0.556. The second kappa shape index (κ2) is 5.36. The topological polar surface area (TPSA) is 110 Å². The molecule has 1 aromatic heterocycles. The lowest BCUT2D eigenvalue weighted by molar-refractivity contribution is 0.217. The number of primary sulfonamides is 1. The number of aromatic nitrogens is 2. The van der Waals surface area contributed by atoms with Gasteiger partial charge in [0.2, 0.25) is 10.0 Å². The number of carbonyl (C=O) groups excluding carboxylic acids is 1. The maximum Gasteiger partial charge on any atom is 0.323 e. The molecule has 1 heterocycles. The fourth-order valence-corrected chi connectivity index (χ4v) is 2.11. The number of hydrogen-bond donors (Lipinski definition) is 2. The molecule has 0 atom stereocenters. The van der Waals surface area contributed by atoms with Crippen molar-refractivity contribution in [3.8, 4) is 0 Å². The van der Waals surface area contributed by atoms with Crippen molar-refractivity contribution in [2.45, 2.75) is 18.7 Å². The van der Waals surface area contributed by atoms with Crippen LogP contribution in [0.1, 0.15) is 13.8 Å². The van der Waals surface area contributed by atoms with E-state index in [4.69, 9.17) is 5.14 Å². The molecule has 3 N–H and O–H groups in total. The van der Waals surface area contributed by atoms with E-state index in [9.17, 15) is 13.2 Å². The van der Waals surface area contributed by atoms with Crippen LogP contribution in [0.25, 0.3) is 0 Å². The average molecular weight is 275 g/mol. The highest BCUT2D eigenvalue weighted by Crippen LogP contribution is 2.17. The summed E-state index contributed by atoms with van der Waals surface area (Å²) in [6.07, 6.45) is 1.24. The number of aryl methyl sites for hydroxylation is 1. The molecule has 0 bridgehead atoms. The number of amides is 2. The molecule has 18 heavy (non-hydrogen) atoms. The standard InChI is InChI=1S/C9H17N5O3S/c1-4-14(5-2)9(15)11-8-7(18(10,16)17)6-13(3)12-8/h6H,4-5H2,1-3H3,(H2,10,16,17)(H,11,12,15). The van der Waals surface area contributed by atoms with Crippen LogP contribution >= 0.6 is 0 Å². The quantitative estimate of drug-likeness (QED) is 0.802. The SMILES string of the molecule is CCN(CC)C(=O)Nc1nn(C)cc1S(N)(=O)=O. The molecule has 0 aliphatic carbocycles. The molecule has 0 aromatic carbocycles. The molecule has 0 unspecified atom stereocenters. The zero-order valence-corrected chi connectivity index (χ0v) is 11.4. The number of rotatable bonds is 4. The van der Waals surface area contributed by atoms with Crippen molar-refractivity contribution in [2.24, 2.45) is 12.2 Å². The molecule has 0 aliphatic rings. The molecule has 9 heteroatoms. The monoisotopic (exact) mass is 275 g/mol. The van der Waals surface area contributed by atoms with E-state index in [1.54, 1.807) is 7.05 Å². The van der Waals surface area contributed by atoms with E-state index in [2.05, 4.69) is 10.4 Å². The summed E-state index contributed by atoms with van der Waals surface area (Å²) in [4.78, 5) is 13.1. The Morgan fingerprint density at radius 1 is 1.50 bits per heavy atom. The molecule has 1 rings (SSSR count). The number of carbonyl (C=O) groups is 1. The van der Waals surface area contributed by atoms with E-state index in [0.717, 1.165) is 0 Å². The van der Waals surface area contributed by atoms with Crippen LogP contribution in [0.2, 0.25) is 0 Å². The van der Waals surface area contributed by atoms with E-state index in [1.165, 1.54) is 15.8 Å². The Morgan fingerprint density at radius 2 is 2.06 bits per heavy atom. The minimum absolute atomic E-state index is 0.0584. The van der Waals surface area contributed by atoms with Gasteiger partial charge in [0.1, 0.15) is 4.90 Å². The maximum absolute atomic E-state index is 11.8. The third-order valence-electron chi connectivity index (χ3n) is 2.38. The van der Waals surface area contributed by atoms with Crippen LogP contribution in [0.4, 0.5) is 10.6 Å². The lowest BCUT2D eigenvalue weighted by atomic mass is 10.5. The van der Waals surface area contributed by atoms with Crippen molar-refractivity contribution in [3.63, 3.8) is 0 Å². The smallest absolute Gasteiger partial charge is 0.323 e. The van der Waals surface area contributed by atoms with Crippen LogP contribution in [-0.2, 0) is 17.1 Å². The van der Waals surface area contributed by atoms with Gasteiger partial charge in [-0.05, 0) is 13.8 Å². The van der Waals surface area contributed by atoms with Gasteiger partial charge in [0.05, 0.1) is 0 Å². The summed E-state index contributed by atoms with van der Waals surface area (Å²) < 4.78 is 23.9. The normalized spacial score (nSPS) is 11.3. The third kappa shape index (κ3) is 3.20. The van der Waals surface area contributed by atoms with Crippen LogP contribution in [0.5, 0.6) is 0 Å². The van der Waals surface area contributed by atoms with E-state index < -0.39 is 16.1 Å². The maximum atomic E-state index is 11.8. The van der Waals surface area contributed by atoms with Crippen molar-refractivity contribution in [1.29, 1.82) is 0 Å². The Hall–Kier alpha value is -1.61. The lowest BCUT2D eigenvalue weighted by Gasteiger charge is -2.18. The summed E-state index contributed by atoms with van der Waals surface area (Å²) in [5, 5.41) is 11.3. The van der Waals surface area contributed by atoms with Gasteiger partial charge in [-0.25, -0.2) is 18.4 Å². The van der Waals surface area contributed by atoms with E-state index in [0.29, 0.717) is 13.1 Å². The zero-order chi connectivity index (χ0) is 13.9. The summed E-state index contributed by atoms with van der Waals surface area (Å²) >= 11 is 0. The van der Waals surface area contributed by atoms with Crippen LogP contribution < -0.4 is 10.5 Å². The Morgan fingerprint density at radius 3 is 2.50 bits per heavy atom. The number of hydrogen-bond acceptors (Lipinski definition) is 4. The first kappa shape index (κ1) is 14.5. The molecule has 0 fully saturated rings. The Balaban J connectivity index is 3.02. The lowest BCUT2D eigenvalue weighted by Crippen LogP contribution is -2.35. The minimum atomic E-state index is -3.91. The summed E-state index contributed by atoms with van der Waals surface area (Å²) in [5.74, 6) is -0.0584. The second-order valence-electron chi connectivity index (χ2n) is 3.66. The Bertz CT molecular complexity index is 532. The van der Waals surface area contributed by atoms with Gasteiger partial charge < -0.3 is 4.90 Å². The largest absolute Gasteiger partial charge is 0.325 e. The summed E-state index contributed by atoms with van der Waals surface area (Å²) in [6.45, 7) is 4.67. The number of nitrogens with two attached hydrogens (primary N) is 1. The van der Waals surface area contributed by atoms with Crippen LogP contribution in [0, 0.1) is 0 Å². The van der Waals surface area contributed by atoms with E-state index >= 15 is 0 Å². The van der Waals surface area contributed by atoms with Crippen molar-refractivity contribution in [1.82, 2.24) is 14.7 Å². The molecule has 0 saturated heterocycles. The summed E-state index contributed by atoms with van der Waals surface area (Å²) in [6, 6.07) is -0.413. The molecular formula is C9H17N5O3S. The molecule has 0 spiro atoms. The predicted octanol–water partition coefficient (Wildman–Crippen LogP) is -0.0588. The van der Waals surface area contributed by atoms with Gasteiger partial charge in [-0.15, -0.1) is 0 Å². The molecular weight excluding hydrogens is 258 g/mol. The highest BCUT2D eigenvalue weighted by atomic mass is 32.2.